The second-order valence-corrected chi connectivity index (χ2v) is 6.65. The fourth-order valence-corrected chi connectivity index (χ4v) is 3.49. The fourth-order valence-electron chi connectivity index (χ4n) is 3.49. The summed E-state index contributed by atoms with van der Waals surface area (Å²) in [6.45, 7) is 0.638. The molecule has 1 atom stereocenters. The van der Waals surface area contributed by atoms with Gasteiger partial charge in [0.05, 0.1) is 34.0 Å². The largest absolute Gasteiger partial charge is 0.493 e. The summed E-state index contributed by atoms with van der Waals surface area (Å²) in [6, 6.07) is 15.8. The number of anilines is 3. The smallest absolute Gasteiger partial charge is 0.229 e. The molecule has 1 fully saturated rings. The van der Waals surface area contributed by atoms with Crippen molar-refractivity contribution in [2.45, 2.75) is 12.5 Å². The lowest BCUT2D eigenvalue weighted by Crippen LogP contribution is -2.22. The minimum absolute atomic E-state index is 0.107. The number of nitrogens with one attached hydrogen (secondary N) is 1. The highest BCUT2D eigenvalue weighted by Crippen LogP contribution is 2.40. The maximum atomic E-state index is 5.87. The van der Waals surface area contributed by atoms with E-state index in [0.29, 0.717) is 41.3 Å². The topological polar surface area (TPSA) is 78.0 Å². The first-order chi connectivity index (χ1) is 14.7. The Morgan fingerprint density at radius 2 is 1.73 bits per heavy atom. The lowest BCUT2D eigenvalue weighted by Gasteiger charge is -2.24. The zero-order chi connectivity index (χ0) is 20.9. The van der Waals surface area contributed by atoms with Gasteiger partial charge in [-0.25, -0.2) is 10.0 Å². The lowest BCUT2D eigenvalue weighted by atomic mass is 10.0. The zero-order valence-corrected chi connectivity index (χ0v) is 17.2. The van der Waals surface area contributed by atoms with Crippen LogP contribution in [-0.4, -0.2) is 37.9 Å². The van der Waals surface area contributed by atoms with Crippen LogP contribution in [0.2, 0.25) is 0 Å². The Hall–Kier alpha value is -3.52. The van der Waals surface area contributed by atoms with Crippen LogP contribution in [0, 0.1) is 0 Å². The highest BCUT2D eigenvalue weighted by atomic mass is 16.7. The predicted molar refractivity (Wildman–Crippen MR) is 114 cm³/mol. The van der Waals surface area contributed by atoms with Crippen molar-refractivity contribution in [3.63, 3.8) is 0 Å². The van der Waals surface area contributed by atoms with Crippen molar-refractivity contribution >= 4 is 17.5 Å². The Morgan fingerprint density at radius 3 is 2.40 bits per heavy atom. The van der Waals surface area contributed by atoms with E-state index in [9.17, 15) is 0 Å². The second-order valence-electron chi connectivity index (χ2n) is 6.65. The Labute approximate surface area is 175 Å². The van der Waals surface area contributed by atoms with Gasteiger partial charge in [-0.1, -0.05) is 30.3 Å². The van der Waals surface area contributed by atoms with Crippen LogP contribution in [0.25, 0.3) is 0 Å². The predicted octanol–water partition coefficient (Wildman–Crippen LogP) is 4.13. The molecule has 1 aromatic heterocycles. The van der Waals surface area contributed by atoms with E-state index in [1.807, 2.05) is 29.3 Å². The number of ether oxygens (including phenoxy) is 3. The van der Waals surface area contributed by atoms with Gasteiger partial charge in [-0.2, -0.15) is 4.98 Å². The second kappa shape index (κ2) is 8.87. The molecule has 1 unspecified atom stereocenters. The van der Waals surface area contributed by atoms with E-state index in [2.05, 4.69) is 27.4 Å². The third-order valence-corrected chi connectivity index (χ3v) is 4.88. The Kier molecular flexibility index (Phi) is 5.85. The van der Waals surface area contributed by atoms with Gasteiger partial charge in [-0.05, 0) is 5.56 Å². The van der Waals surface area contributed by atoms with E-state index in [1.165, 1.54) is 5.56 Å². The first-order valence-corrected chi connectivity index (χ1v) is 9.60. The summed E-state index contributed by atoms with van der Waals surface area (Å²) in [6.07, 6.45) is 2.59. The number of aromatic nitrogens is 2. The molecule has 0 spiro atoms. The monoisotopic (exact) mass is 408 g/mol. The minimum Gasteiger partial charge on any atom is -0.493 e. The summed E-state index contributed by atoms with van der Waals surface area (Å²) in [4.78, 5) is 14.9. The van der Waals surface area contributed by atoms with Crippen LogP contribution in [-0.2, 0) is 4.84 Å². The Morgan fingerprint density at radius 1 is 1.00 bits per heavy atom. The van der Waals surface area contributed by atoms with Crippen LogP contribution in [0.4, 0.5) is 17.5 Å². The van der Waals surface area contributed by atoms with Gasteiger partial charge in [0.1, 0.15) is 0 Å². The molecule has 1 aliphatic rings. The molecule has 30 heavy (non-hydrogen) atoms. The number of hydrogen-bond acceptors (Lipinski definition) is 8. The van der Waals surface area contributed by atoms with Crippen LogP contribution in [0.5, 0.6) is 17.2 Å². The molecule has 1 N–H and O–H groups in total. The number of benzene rings is 2. The SMILES string of the molecule is COc1cc(Nc2nccc(N3OCCC3c3ccccc3)n2)cc(OC)c1OC. The highest BCUT2D eigenvalue weighted by molar-refractivity contribution is 5.66. The molecular weight excluding hydrogens is 384 g/mol. The zero-order valence-electron chi connectivity index (χ0n) is 17.2. The molecule has 1 saturated heterocycles. The van der Waals surface area contributed by atoms with Crippen molar-refractivity contribution in [3.05, 3.63) is 60.3 Å². The lowest BCUT2D eigenvalue weighted by molar-refractivity contribution is 0.157. The summed E-state index contributed by atoms with van der Waals surface area (Å²) in [5.41, 5.74) is 1.90. The molecule has 1 aliphatic heterocycles. The maximum Gasteiger partial charge on any atom is 0.229 e. The molecule has 8 heteroatoms. The van der Waals surface area contributed by atoms with Gasteiger partial charge in [-0.3, -0.25) is 4.84 Å². The van der Waals surface area contributed by atoms with Gasteiger partial charge in [0.25, 0.3) is 0 Å². The summed E-state index contributed by atoms with van der Waals surface area (Å²) in [5.74, 6) is 2.73. The molecule has 0 amide bonds. The van der Waals surface area contributed by atoms with E-state index in [-0.39, 0.29) is 6.04 Å². The number of hydroxylamine groups is 1. The van der Waals surface area contributed by atoms with E-state index >= 15 is 0 Å². The molecular formula is C22H24N4O4. The van der Waals surface area contributed by atoms with Crippen molar-refractivity contribution in [2.24, 2.45) is 0 Å². The molecule has 2 aromatic carbocycles. The van der Waals surface area contributed by atoms with Crippen LogP contribution in [0.15, 0.2) is 54.7 Å². The fraction of sp³-hybridized carbons (Fsp3) is 0.273. The summed E-state index contributed by atoms with van der Waals surface area (Å²) in [7, 11) is 4.72. The van der Waals surface area contributed by atoms with Crippen LogP contribution in [0.3, 0.4) is 0 Å². The van der Waals surface area contributed by atoms with Crippen molar-refractivity contribution < 1.29 is 19.0 Å². The van der Waals surface area contributed by atoms with Gasteiger partial charge >= 0.3 is 0 Å². The van der Waals surface area contributed by atoms with E-state index in [4.69, 9.17) is 19.0 Å². The van der Waals surface area contributed by atoms with Crippen molar-refractivity contribution in [1.29, 1.82) is 0 Å². The number of nitrogens with zero attached hydrogens (tertiary/aromatic N) is 3. The third kappa shape index (κ3) is 3.95. The number of methoxy groups -OCH3 is 3. The molecule has 0 bridgehead atoms. The highest BCUT2D eigenvalue weighted by Gasteiger charge is 2.29. The number of hydrogen-bond donors (Lipinski definition) is 1. The van der Waals surface area contributed by atoms with Crippen LogP contribution >= 0.6 is 0 Å². The summed E-state index contributed by atoms with van der Waals surface area (Å²) < 4.78 is 16.2. The Bertz CT molecular complexity index is 974. The maximum absolute atomic E-state index is 5.87. The molecule has 0 radical (unpaired) electrons. The quantitative estimate of drug-likeness (QED) is 0.625. The average Bonchev–Trinajstić information content (AvgIpc) is 3.29. The van der Waals surface area contributed by atoms with Crippen molar-refractivity contribution in [2.75, 3.05) is 38.3 Å². The van der Waals surface area contributed by atoms with E-state index in [0.717, 1.165) is 6.42 Å². The van der Waals surface area contributed by atoms with Crippen LogP contribution < -0.4 is 24.6 Å². The normalized spacial score (nSPS) is 15.7. The van der Waals surface area contributed by atoms with Crippen LogP contribution in [0.1, 0.15) is 18.0 Å². The van der Waals surface area contributed by atoms with Gasteiger partial charge in [-0.15, -0.1) is 0 Å². The minimum atomic E-state index is 0.107. The standard InChI is InChI=1S/C22H24N4O4/c1-27-18-13-16(14-19(28-2)21(18)29-3)24-22-23-11-9-20(25-22)26-17(10-12-30-26)15-7-5-4-6-8-15/h4-9,11,13-14,17H,10,12H2,1-3H3,(H,23,24,25). The van der Waals surface area contributed by atoms with Gasteiger partial charge in [0, 0.05) is 36.5 Å². The molecule has 156 valence electrons. The molecule has 2 heterocycles. The van der Waals surface area contributed by atoms with Crippen molar-refractivity contribution in [3.8, 4) is 17.2 Å². The first-order valence-electron chi connectivity index (χ1n) is 9.60. The molecule has 8 nitrogen and oxygen atoms in total. The van der Waals surface area contributed by atoms with Crippen molar-refractivity contribution in [1.82, 2.24) is 9.97 Å². The molecule has 0 saturated carbocycles. The first kappa shape index (κ1) is 19.8. The van der Waals surface area contributed by atoms with Gasteiger partial charge in [0.15, 0.2) is 17.3 Å². The number of rotatable bonds is 7. The third-order valence-electron chi connectivity index (χ3n) is 4.88. The van der Waals surface area contributed by atoms with E-state index < -0.39 is 0 Å². The van der Waals surface area contributed by atoms with Gasteiger partial charge in [0.2, 0.25) is 11.7 Å². The van der Waals surface area contributed by atoms with Gasteiger partial charge < -0.3 is 19.5 Å². The molecule has 3 aromatic rings. The average molecular weight is 408 g/mol. The summed E-state index contributed by atoms with van der Waals surface area (Å²) >= 11 is 0. The molecule has 0 aliphatic carbocycles. The Balaban J connectivity index is 1.60. The summed E-state index contributed by atoms with van der Waals surface area (Å²) in [5, 5.41) is 5.05. The van der Waals surface area contributed by atoms with E-state index in [1.54, 1.807) is 39.7 Å². The molecule has 4 rings (SSSR count).